The zero-order chi connectivity index (χ0) is 7.56. The van der Waals surface area contributed by atoms with Gasteiger partial charge in [-0.05, 0) is 6.26 Å². The average Bonchev–Trinajstić information content (AvgIpc) is 2.30. The van der Waals surface area contributed by atoms with Gasteiger partial charge in [0.15, 0.2) is 11.0 Å². The number of aromatic nitrogens is 1. The first-order valence-corrected chi connectivity index (χ1v) is 4.11. The van der Waals surface area contributed by atoms with E-state index < -0.39 is 0 Å². The summed E-state index contributed by atoms with van der Waals surface area (Å²) in [5, 5.41) is 9.44. The normalized spacial score (nSPS) is 10.3. The summed E-state index contributed by atoms with van der Waals surface area (Å²) in [5.74, 6) is 0.605. The summed E-state index contributed by atoms with van der Waals surface area (Å²) in [6.07, 6.45) is 1.89. The highest BCUT2D eigenvalue weighted by molar-refractivity contribution is 7.98. The third-order valence-corrected chi connectivity index (χ3v) is 1.79. The number of aryl methyl sites for hydroxylation is 1. The Balaban J connectivity index is 2.96. The first-order valence-electron chi connectivity index (χ1n) is 2.89. The molecular formula is C6H9NO2S. The highest BCUT2D eigenvalue weighted by Gasteiger charge is 2.07. The molecule has 0 aromatic carbocycles. The van der Waals surface area contributed by atoms with Crippen molar-refractivity contribution in [1.82, 2.24) is 4.98 Å². The molecule has 0 saturated carbocycles. The predicted octanol–water partition coefficient (Wildman–Crippen LogP) is 1.20. The van der Waals surface area contributed by atoms with Crippen LogP contribution in [0.4, 0.5) is 0 Å². The van der Waals surface area contributed by atoms with Crippen LogP contribution in [0, 0.1) is 6.92 Å². The van der Waals surface area contributed by atoms with E-state index in [1.54, 1.807) is 6.92 Å². The Bertz CT molecular complexity index is 200. The van der Waals surface area contributed by atoms with Gasteiger partial charge in [-0.3, -0.25) is 0 Å². The maximum Gasteiger partial charge on any atom is 0.192 e. The van der Waals surface area contributed by atoms with Gasteiger partial charge in [0.2, 0.25) is 0 Å². The largest absolute Gasteiger partial charge is 0.434 e. The van der Waals surface area contributed by atoms with Gasteiger partial charge in [0.05, 0.1) is 6.61 Å². The first kappa shape index (κ1) is 7.63. The fourth-order valence-corrected chi connectivity index (χ4v) is 1.26. The number of rotatable bonds is 2. The number of hydrogen-bond donors (Lipinski definition) is 1. The van der Waals surface area contributed by atoms with E-state index in [0.29, 0.717) is 16.7 Å². The summed E-state index contributed by atoms with van der Waals surface area (Å²) in [5.41, 5.74) is 0.630. The maximum absolute atomic E-state index is 8.73. The summed E-state index contributed by atoms with van der Waals surface area (Å²) in [6, 6.07) is 0. The Kier molecular flexibility index (Phi) is 2.34. The van der Waals surface area contributed by atoms with Crippen molar-refractivity contribution >= 4 is 11.8 Å². The van der Waals surface area contributed by atoms with Crippen LogP contribution in [0.2, 0.25) is 0 Å². The Morgan fingerprint density at radius 2 is 2.40 bits per heavy atom. The van der Waals surface area contributed by atoms with Crippen molar-refractivity contribution < 1.29 is 9.52 Å². The van der Waals surface area contributed by atoms with Crippen molar-refractivity contribution in [2.75, 3.05) is 6.26 Å². The number of thioether (sulfide) groups is 1. The van der Waals surface area contributed by atoms with Crippen LogP contribution in [-0.2, 0) is 6.61 Å². The Morgan fingerprint density at radius 3 is 2.80 bits per heavy atom. The average molecular weight is 159 g/mol. The molecule has 1 aromatic heterocycles. The van der Waals surface area contributed by atoms with Gasteiger partial charge < -0.3 is 9.52 Å². The van der Waals surface area contributed by atoms with Crippen LogP contribution in [0.25, 0.3) is 0 Å². The predicted molar refractivity (Wildman–Crippen MR) is 38.9 cm³/mol. The lowest BCUT2D eigenvalue weighted by molar-refractivity contribution is 0.270. The minimum Gasteiger partial charge on any atom is -0.434 e. The molecule has 0 aliphatic rings. The van der Waals surface area contributed by atoms with Crippen molar-refractivity contribution in [2.24, 2.45) is 0 Å². The zero-order valence-electron chi connectivity index (χ0n) is 5.92. The molecule has 0 aliphatic heterocycles. The number of nitrogens with zero attached hydrogens (tertiary/aromatic N) is 1. The second kappa shape index (κ2) is 3.07. The molecule has 0 saturated heterocycles. The highest BCUT2D eigenvalue weighted by Crippen LogP contribution is 2.20. The lowest BCUT2D eigenvalue weighted by atomic mass is 10.5. The van der Waals surface area contributed by atoms with E-state index in [1.165, 1.54) is 11.8 Å². The van der Waals surface area contributed by atoms with Crippen molar-refractivity contribution in [3.63, 3.8) is 0 Å². The van der Waals surface area contributed by atoms with Gasteiger partial charge in [0.25, 0.3) is 0 Å². The molecule has 3 nitrogen and oxygen atoms in total. The van der Waals surface area contributed by atoms with Crippen LogP contribution in [0.5, 0.6) is 0 Å². The third kappa shape index (κ3) is 1.33. The number of oxazole rings is 1. The molecule has 0 bridgehead atoms. The van der Waals surface area contributed by atoms with Gasteiger partial charge in [-0.1, -0.05) is 11.8 Å². The van der Waals surface area contributed by atoms with Crippen molar-refractivity contribution in [2.45, 2.75) is 18.6 Å². The Hall–Kier alpha value is -0.480. The van der Waals surface area contributed by atoms with E-state index in [-0.39, 0.29) is 6.61 Å². The monoisotopic (exact) mass is 159 g/mol. The van der Waals surface area contributed by atoms with E-state index in [0.717, 1.165) is 0 Å². The van der Waals surface area contributed by atoms with Crippen LogP contribution in [0.15, 0.2) is 9.51 Å². The van der Waals surface area contributed by atoms with Gasteiger partial charge in [-0.25, -0.2) is 4.98 Å². The molecule has 10 heavy (non-hydrogen) atoms. The Labute approximate surface area is 63.5 Å². The fourth-order valence-electron chi connectivity index (χ4n) is 0.711. The lowest BCUT2D eigenvalue weighted by Gasteiger charge is -1.88. The molecule has 0 amide bonds. The SMILES string of the molecule is CSc1oc(C)nc1CO. The number of aliphatic hydroxyl groups excluding tert-OH is 1. The molecule has 1 aromatic rings. The second-order valence-electron chi connectivity index (χ2n) is 1.83. The first-order chi connectivity index (χ1) is 4.77. The maximum atomic E-state index is 8.73. The van der Waals surface area contributed by atoms with Gasteiger partial charge in [0, 0.05) is 6.92 Å². The molecule has 1 N–H and O–H groups in total. The molecule has 0 atom stereocenters. The Morgan fingerprint density at radius 1 is 1.70 bits per heavy atom. The van der Waals surface area contributed by atoms with Crippen LogP contribution in [-0.4, -0.2) is 16.3 Å². The third-order valence-electron chi connectivity index (χ3n) is 1.10. The summed E-state index contributed by atoms with van der Waals surface area (Å²) in [4.78, 5) is 3.96. The van der Waals surface area contributed by atoms with Gasteiger partial charge >= 0.3 is 0 Å². The zero-order valence-corrected chi connectivity index (χ0v) is 6.73. The molecule has 0 fully saturated rings. The van der Waals surface area contributed by atoms with E-state index in [2.05, 4.69) is 4.98 Å². The summed E-state index contributed by atoms with van der Waals surface area (Å²) in [6.45, 7) is 1.71. The van der Waals surface area contributed by atoms with E-state index >= 15 is 0 Å². The number of aliphatic hydroxyl groups is 1. The molecule has 4 heteroatoms. The molecule has 0 spiro atoms. The van der Waals surface area contributed by atoms with Crippen LogP contribution < -0.4 is 0 Å². The van der Waals surface area contributed by atoms with Crippen molar-refractivity contribution in [3.05, 3.63) is 11.6 Å². The molecule has 56 valence electrons. The molecular weight excluding hydrogens is 150 g/mol. The van der Waals surface area contributed by atoms with Crippen molar-refractivity contribution in [1.29, 1.82) is 0 Å². The van der Waals surface area contributed by atoms with Crippen LogP contribution in [0.1, 0.15) is 11.6 Å². The van der Waals surface area contributed by atoms with Gasteiger partial charge in [-0.15, -0.1) is 0 Å². The van der Waals surface area contributed by atoms with E-state index in [9.17, 15) is 0 Å². The molecule has 1 heterocycles. The van der Waals surface area contributed by atoms with Crippen LogP contribution in [0.3, 0.4) is 0 Å². The summed E-state index contributed by atoms with van der Waals surface area (Å²) in [7, 11) is 0. The number of hydrogen-bond acceptors (Lipinski definition) is 4. The van der Waals surface area contributed by atoms with E-state index in [4.69, 9.17) is 9.52 Å². The molecule has 1 rings (SSSR count). The smallest absolute Gasteiger partial charge is 0.192 e. The standard InChI is InChI=1S/C6H9NO2S/c1-4-7-5(3-8)6(9-4)10-2/h8H,3H2,1-2H3. The molecule has 0 unspecified atom stereocenters. The highest BCUT2D eigenvalue weighted by atomic mass is 32.2. The van der Waals surface area contributed by atoms with Gasteiger partial charge in [0.1, 0.15) is 5.69 Å². The molecule has 0 aliphatic carbocycles. The lowest BCUT2D eigenvalue weighted by Crippen LogP contribution is -1.83. The second-order valence-corrected chi connectivity index (χ2v) is 2.61. The van der Waals surface area contributed by atoms with Crippen LogP contribution >= 0.6 is 11.8 Å². The van der Waals surface area contributed by atoms with Crippen molar-refractivity contribution in [3.8, 4) is 0 Å². The molecule has 0 radical (unpaired) electrons. The van der Waals surface area contributed by atoms with Gasteiger partial charge in [-0.2, -0.15) is 0 Å². The fraction of sp³-hybridized carbons (Fsp3) is 0.500. The van der Waals surface area contributed by atoms with E-state index in [1.807, 2.05) is 6.26 Å². The summed E-state index contributed by atoms with van der Waals surface area (Å²) < 4.78 is 5.15. The quantitative estimate of drug-likeness (QED) is 0.658. The minimum atomic E-state index is -0.0481. The summed E-state index contributed by atoms with van der Waals surface area (Å²) >= 11 is 1.45. The minimum absolute atomic E-state index is 0.0481. The topological polar surface area (TPSA) is 46.3 Å².